The maximum absolute atomic E-state index is 12.8. The molecule has 0 atom stereocenters. The highest BCUT2D eigenvalue weighted by Gasteiger charge is 2.33. The first kappa shape index (κ1) is 14.1. The molecule has 0 aliphatic heterocycles. The fourth-order valence-electron chi connectivity index (χ4n) is 1.50. The Labute approximate surface area is 116 Å². The van der Waals surface area contributed by atoms with E-state index in [9.17, 15) is 13.2 Å². The number of rotatable bonds is 2. The van der Waals surface area contributed by atoms with Crippen LogP contribution in [0, 0.1) is 11.3 Å². The van der Waals surface area contributed by atoms with Crippen molar-refractivity contribution in [3.05, 3.63) is 46.9 Å². The third-order valence-corrected chi connectivity index (χ3v) is 2.64. The molecule has 8 heteroatoms. The molecule has 0 bridgehead atoms. The number of aromatic nitrogens is 2. The summed E-state index contributed by atoms with van der Waals surface area (Å²) in [6.07, 6.45) is -1.91. The van der Waals surface area contributed by atoms with Crippen molar-refractivity contribution >= 4 is 23.1 Å². The Hall–Kier alpha value is -2.33. The van der Waals surface area contributed by atoms with Crippen LogP contribution in [0.3, 0.4) is 0 Å². The van der Waals surface area contributed by atoms with Gasteiger partial charge in [0.05, 0.1) is 17.2 Å². The van der Waals surface area contributed by atoms with Gasteiger partial charge in [0, 0.05) is 18.1 Å². The van der Waals surface area contributed by atoms with Gasteiger partial charge in [-0.3, -0.25) is 0 Å². The normalized spacial score (nSPS) is 10.9. The summed E-state index contributed by atoms with van der Waals surface area (Å²) < 4.78 is 38.4. The van der Waals surface area contributed by atoms with Gasteiger partial charge in [0.25, 0.3) is 0 Å². The van der Waals surface area contributed by atoms with E-state index in [0.29, 0.717) is 0 Å². The third kappa shape index (κ3) is 2.97. The van der Waals surface area contributed by atoms with Crippen molar-refractivity contribution in [3.8, 4) is 6.07 Å². The van der Waals surface area contributed by atoms with Crippen LogP contribution in [0.5, 0.6) is 0 Å². The van der Waals surface area contributed by atoms with Crippen LogP contribution in [0.2, 0.25) is 5.15 Å². The number of hydrogen-bond donors (Lipinski definition) is 1. The van der Waals surface area contributed by atoms with Crippen LogP contribution in [-0.2, 0) is 6.18 Å². The van der Waals surface area contributed by atoms with Crippen LogP contribution in [-0.4, -0.2) is 9.97 Å². The second kappa shape index (κ2) is 5.35. The van der Waals surface area contributed by atoms with Gasteiger partial charge in [0.1, 0.15) is 0 Å². The van der Waals surface area contributed by atoms with E-state index in [1.807, 2.05) is 0 Å². The molecule has 0 amide bonds. The Bertz CT molecular complexity index is 679. The minimum absolute atomic E-state index is 0.0328. The van der Waals surface area contributed by atoms with Gasteiger partial charge in [-0.1, -0.05) is 11.6 Å². The number of hydrogen-bond acceptors (Lipinski definition) is 4. The van der Waals surface area contributed by atoms with E-state index in [2.05, 4.69) is 15.3 Å². The van der Waals surface area contributed by atoms with E-state index in [1.165, 1.54) is 24.5 Å². The highest BCUT2D eigenvalue weighted by Crippen LogP contribution is 2.34. The molecule has 1 heterocycles. The van der Waals surface area contributed by atoms with Gasteiger partial charge < -0.3 is 5.32 Å². The predicted molar refractivity (Wildman–Crippen MR) is 66.5 cm³/mol. The third-order valence-electron chi connectivity index (χ3n) is 2.36. The Kier molecular flexibility index (Phi) is 3.77. The molecule has 20 heavy (non-hydrogen) atoms. The molecule has 0 aliphatic carbocycles. The van der Waals surface area contributed by atoms with Crippen LogP contribution in [0.1, 0.15) is 11.1 Å². The summed E-state index contributed by atoms with van der Waals surface area (Å²) >= 11 is 5.75. The Morgan fingerprint density at radius 1 is 1.20 bits per heavy atom. The monoisotopic (exact) mass is 298 g/mol. The van der Waals surface area contributed by atoms with Crippen LogP contribution in [0.4, 0.5) is 24.7 Å². The van der Waals surface area contributed by atoms with E-state index < -0.39 is 17.3 Å². The fourth-order valence-corrected chi connectivity index (χ4v) is 1.65. The number of nitriles is 1. The molecule has 0 saturated heterocycles. The smallest absolute Gasteiger partial charge is 0.338 e. The summed E-state index contributed by atoms with van der Waals surface area (Å²) in [6.45, 7) is 0. The van der Waals surface area contributed by atoms with Crippen molar-refractivity contribution < 1.29 is 13.2 Å². The summed E-state index contributed by atoms with van der Waals surface area (Å²) in [6, 6.07) is 4.74. The molecule has 102 valence electrons. The molecule has 0 unspecified atom stereocenters. The lowest BCUT2D eigenvalue weighted by Gasteiger charge is -2.12. The van der Waals surface area contributed by atoms with E-state index in [1.54, 1.807) is 0 Å². The first-order valence-corrected chi connectivity index (χ1v) is 5.64. The quantitative estimate of drug-likeness (QED) is 0.917. The molecule has 1 aromatic heterocycles. The van der Waals surface area contributed by atoms with Crippen LogP contribution in [0.15, 0.2) is 30.6 Å². The van der Waals surface area contributed by atoms with Gasteiger partial charge >= 0.3 is 6.18 Å². The Morgan fingerprint density at radius 3 is 2.50 bits per heavy atom. The van der Waals surface area contributed by atoms with Crippen molar-refractivity contribution in [1.82, 2.24) is 9.97 Å². The lowest BCUT2D eigenvalue weighted by molar-refractivity contribution is -0.137. The number of benzene rings is 1. The molecule has 1 N–H and O–H groups in total. The predicted octanol–water partition coefficient (Wildman–Crippen LogP) is 3.76. The van der Waals surface area contributed by atoms with Crippen LogP contribution < -0.4 is 5.32 Å². The maximum Gasteiger partial charge on any atom is 0.417 e. The second-order valence-electron chi connectivity index (χ2n) is 3.69. The Morgan fingerprint density at radius 2 is 1.90 bits per heavy atom. The molecule has 0 spiro atoms. The molecule has 0 saturated carbocycles. The number of anilines is 2. The summed E-state index contributed by atoms with van der Waals surface area (Å²) in [4.78, 5) is 7.60. The lowest BCUT2D eigenvalue weighted by atomic mass is 10.1. The van der Waals surface area contributed by atoms with E-state index >= 15 is 0 Å². The van der Waals surface area contributed by atoms with Gasteiger partial charge in [-0.15, -0.1) is 0 Å². The number of nitrogens with one attached hydrogen (secondary N) is 1. The highest BCUT2D eigenvalue weighted by molar-refractivity contribution is 6.31. The number of halogens is 4. The van der Waals surface area contributed by atoms with E-state index in [0.717, 1.165) is 12.1 Å². The van der Waals surface area contributed by atoms with Crippen molar-refractivity contribution in [2.45, 2.75) is 6.18 Å². The largest absolute Gasteiger partial charge is 0.417 e. The maximum atomic E-state index is 12.8. The van der Waals surface area contributed by atoms with Crippen LogP contribution >= 0.6 is 11.6 Å². The van der Waals surface area contributed by atoms with Crippen molar-refractivity contribution in [2.75, 3.05) is 5.32 Å². The second-order valence-corrected chi connectivity index (χ2v) is 4.05. The zero-order chi connectivity index (χ0) is 14.8. The van der Waals surface area contributed by atoms with Gasteiger partial charge in [-0.25, -0.2) is 9.97 Å². The van der Waals surface area contributed by atoms with Gasteiger partial charge in [-0.05, 0) is 18.2 Å². The number of nitrogens with zero attached hydrogens (tertiary/aromatic N) is 3. The van der Waals surface area contributed by atoms with Gasteiger partial charge in [-0.2, -0.15) is 18.4 Å². The number of alkyl halides is 3. The van der Waals surface area contributed by atoms with E-state index in [4.69, 9.17) is 16.9 Å². The first-order chi connectivity index (χ1) is 9.41. The van der Waals surface area contributed by atoms with Crippen molar-refractivity contribution in [1.29, 1.82) is 5.26 Å². The highest BCUT2D eigenvalue weighted by atomic mass is 35.5. The molecule has 2 aromatic rings. The zero-order valence-corrected chi connectivity index (χ0v) is 10.5. The van der Waals surface area contributed by atoms with Gasteiger partial charge in [0.2, 0.25) is 0 Å². The standard InChI is InChI=1S/C12H6ClF3N4/c13-10-11(19-4-3-18-10)20-8-2-1-7(6-17)9(5-8)12(14,15)16/h1-5H,(H,19,20). The molecular weight excluding hydrogens is 293 g/mol. The van der Waals surface area contributed by atoms with Crippen molar-refractivity contribution in [3.63, 3.8) is 0 Å². The first-order valence-electron chi connectivity index (χ1n) is 5.26. The summed E-state index contributed by atoms with van der Waals surface area (Å²) in [5.74, 6) is 0.131. The fraction of sp³-hybridized carbons (Fsp3) is 0.0833. The van der Waals surface area contributed by atoms with Crippen molar-refractivity contribution in [2.24, 2.45) is 0 Å². The Balaban J connectivity index is 2.40. The van der Waals surface area contributed by atoms with E-state index in [-0.39, 0.29) is 16.7 Å². The lowest BCUT2D eigenvalue weighted by Crippen LogP contribution is -2.08. The molecule has 1 aromatic carbocycles. The topological polar surface area (TPSA) is 61.6 Å². The van der Waals surface area contributed by atoms with Gasteiger partial charge in [0.15, 0.2) is 11.0 Å². The van der Waals surface area contributed by atoms with Crippen LogP contribution in [0.25, 0.3) is 0 Å². The minimum Gasteiger partial charge on any atom is -0.338 e. The molecule has 0 fully saturated rings. The molecule has 4 nitrogen and oxygen atoms in total. The molecular formula is C12H6ClF3N4. The summed E-state index contributed by atoms with van der Waals surface area (Å²) in [5.41, 5.74) is -1.36. The minimum atomic E-state index is -4.62. The summed E-state index contributed by atoms with van der Waals surface area (Å²) in [7, 11) is 0. The SMILES string of the molecule is N#Cc1ccc(Nc2nccnc2Cl)cc1C(F)(F)F. The molecule has 0 aliphatic rings. The molecule has 0 radical (unpaired) electrons. The average Bonchev–Trinajstić information content (AvgIpc) is 2.40. The zero-order valence-electron chi connectivity index (χ0n) is 9.74. The summed E-state index contributed by atoms with van der Waals surface area (Å²) in [5, 5.41) is 11.3. The average molecular weight is 299 g/mol. The molecule has 2 rings (SSSR count).